The second-order valence-electron chi connectivity index (χ2n) is 6.14. The lowest BCUT2D eigenvalue weighted by atomic mass is 9.94. The molecule has 1 unspecified atom stereocenters. The molecule has 0 aliphatic carbocycles. The lowest BCUT2D eigenvalue weighted by molar-refractivity contribution is 0.297. The molecule has 23 heavy (non-hydrogen) atoms. The average Bonchev–Trinajstić information content (AvgIpc) is 2.56. The van der Waals surface area contributed by atoms with Crippen LogP contribution < -0.4 is 10.5 Å². The standard InChI is InChI=1S/C20H26FNO/c1-15(2)17-9-4-6-12-20(17)23-13-7-8-16(14-22)18-10-3-5-11-19(18)21/h3-6,9-12,15-16H,7-8,13-14,22H2,1-2H3. The monoisotopic (exact) mass is 315 g/mol. The third-order valence-corrected chi connectivity index (χ3v) is 4.13. The summed E-state index contributed by atoms with van der Waals surface area (Å²) in [5, 5.41) is 0. The zero-order valence-corrected chi connectivity index (χ0v) is 14.0. The third-order valence-electron chi connectivity index (χ3n) is 4.13. The molecule has 0 aliphatic rings. The highest BCUT2D eigenvalue weighted by Crippen LogP contribution is 2.27. The van der Waals surface area contributed by atoms with Crippen LogP contribution >= 0.6 is 0 Å². The highest BCUT2D eigenvalue weighted by atomic mass is 19.1. The maximum Gasteiger partial charge on any atom is 0.126 e. The fraction of sp³-hybridized carbons (Fsp3) is 0.400. The first-order valence-electron chi connectivity index (χ1n) is 8.29. The smallest absolute Gasteiger partial charge is 0.126 e. The molecule has 2 aromatic carbocycles. The van der Waals surface area contributed by atoms with Gasteiger partial charge in [-0.2, -0.15) is 0 Å². The molecule has 1 atom stereocenters. The molecule has 0 fully saturated rings. The number of rotatable bonds is 8. The SMILES string of the molecule is CC(C)c1ccccc1OCCCC(CN)c1ccccc1F. The molecule has 0 bridgehead atoms. The van der Waals surface area contributed by atoms with E-state index in [-0.39, 0.29) is 11.7 Å². The fourth-order valence-electron chi connectivity index (χ4n) is 2.81. The fourth-order valence-corrected chi connectivity index (χ4v) is 2.81. The van der Waals surface area contributed by atoms with Crippen molar-refractivity contribution in [3.63, 3.8) is 0 Å². The lowest BCUT2D eigenvalue weighted by Gasteiger charge is -2.17. The van der Waals surface area contributed by atoms with Gasteiger partial charge < -0.3 is 10.5 Å². The Balaban J connectivity index is 1.89. The number of nitrogens with two attached hydrogens (primary N) is 1. The van der Waals surface area contributed by atoms with Gasteiger partial charge in [0.15, 0.2) is 0 Å². The van der Waals surface area contributed by atoms with Crippen LogP contribution in [0.4, 0.5) is 4.39 Å². The van der Waals surface area contributed by atoms with Gasteiger partial charge in [-0.15, -0.1) is 0 Å². The van der Waals surface area contributed by atoms with E-state index in [4.69, 9.17) is 10.5 Å². The Morgan fingerprint density at radius 3 is 2.30 bits per heavy atom. The molecule has 2 rings (SSSR count). The summed E-state index contributed by atoms with van der Waals surface area (Å²) in [6, 6.07) is 15.0. The van der Waals surface area contributed by atoms with Gasteiger partial charge in [-0.05, 0) is 54.5 Å². The molecule has 0 aliphatic heterocycles. The van der Waals surface area contributed by atoms with Gasteiger partial charge >= 0.3 is 0 Å². The van der Waals surface area contributed by atoms with Crippen LogP contribution in [0.2, 0.25) is 0 Å². The van der Waals surface area contributed by atoms with Gasteiger partial charge in [0, 0.05) is 0 Å². The van der Waals surface area contributed by atoms with Gasteiger partial charge in [0.2, 0.25) is 0 Å². The molecule has 0 aromatic heterocycles. The summed E-state index contributed by atoms with van der Waals surface area (Å²) >= 11 is 0. The molecule has 0 spiro atoms. The third kappa shape index (κ3) is 4.80. The van der Waals surface area contributed by atoms with Gasteiger partial charge in [0.25, 0.3) is 0 Å². The average molecular weight is 315 g/mol. The first-order chi connectivity index (χ1) is 11.1. The molecule has 0 amide bonds. The highest BCUT2D eigenvalue weighted by Gasteiger charge is 2.14. The Bertz CT molecular complexity index is 612. The van der Waals surface area contributed by atoms with Gasteiger partial charge in [0.05, 0.1) is 6.61 Å². The van der Waals surface area contributed by atoms with Crippen molar-refractivity contribution in [2.75, 3.05) is 13.2 Å². The summed E-state index contributed by atoms with van der Waals surface area (Å²) in [5.74, 6) is 1.24. The van der Waals surface area contributed by atoms with Crippen molar-refractivity contribution in [3.05, 3.63) is 65.5 Å². The molecule has 0 heterocycles. The second kappa shape index (κ2) is 8.68. The number of para-hydroxylation sites is 1. The zero-order chi connectivity index (χ0) is 16.7. The van der Waals surface area contributed by atoms with Crippen LogP contribution in [0.3, 0.4) is 0 Å². The maximum absolute atomic E-state index is 13.9. The number of benzene rings is 2. The zero-order valence-electron chi connectivity index (χ0n) is 14.0. The summed E-state index contributed by atoms with van der Waals surface area (Å²) in [5.41, 5.74) is 7.75. The summed E-state index contributed by atoms with van der Waals surface area (Å²) in [7, 11) is 0. The van der Waals surface area contributed by atoms with Gasteiger partial charge in [-0.3, -0.25) is 0 Å². The summed E-state index contributed by atoms with van der Waals surface area (Å²) < 4.78 is 19.8. The van der Waals surface area contributed by atoms with Crippen molar-refractivity contribution in [3.8, 4) is 5.75 Å². The van der Waals surface area contributed by atoms with E-state index >= 15 is 0 Å². The topological polar surface area (TPSA) is 35.2 Å². The normalized spacial score (nSPS) is 12.4. The summed E-state index contributed by atoms with van der Waals surface area (Å²) in [6.45, 7) is 5.38. The Hall–Kier alpha value is -1.87. The number of ether oxygens (including phenoxy) is 1. The molecule has 2 nitrogen and oxygen atoms in total. The van der Waals surface area contributed by atoms with Crippen molar-refractivity contribution in [2.45, 2.75) is 38.5 Å². The Morgan fingerprint density at radius 2 is 1.65 bits per heavy atom. The lowest BCUT2D eigenvalue weighted by Crippen LogP contribution is -2.15. The van der Waals surface area contributed by atoms with E-state index in [0.29, 0.717) is 24.6 Å². The Kier molecular flexibility index (Phi) is 6.60. The Labute approximate surface area is 138 Å². The van der Waals surface area contributed by atoms with Crippen molar-refractivity contribution in [1.82, 2.24) is 0 Å². The number of halogens is 1. The predicted molar refractivity (Wildman–Crippen MR) is 93.5 cm³/mol. The van der Waals surface area contributed by atoms with Crippen molar-refractivity contribution < 1.29 is 9.13 Å². The van der Waals surface area contributed by atoms with E-state index in [1.54, 1.807) is 6.07 Å². The minimum Gasteiger partial charge on any atom is -0.493 e. The van der Waals surface area contributed by atoms with Crippen molar-refractivity contribution in [2.24, 2.45) is 5.73 Å². The number of hydrogen-bond acceptors (Lipinski definition) is 2. The molecule has 2 N–H and O–H groups in total. The van der Waals surface area contributed by atoms with E-state index in [0.717, 1.165) is 18.6 Å². The quantitative estimate of drug-likeness (QED) is 0.707. The summed E-state index contributed by atoms with van der Waals surface area (Å²) in [4.78, 5) is 0. The Morgan fingerprint density at radius 1 is 1.00 bits per heavy atom. The molecule has 0 saturated heterocycles. The largest absolute Gasteiger partial charge is 0.493 e. The molecule has 0 radical (unpaired) electrons. The van der Waals surface area contributed by atoms with E-state index in [1.165, 1.54) is 11.6 Å². The van der Waals surface area contributed by atoms with Gasteiger partial charge in [-0.1, -0.05) is 50.2 Å². The van der Waals surface area contributed by atoms with Crippen molar-refractivity contribution in [1.29, 1.82) is 0 Å². The van der Waals surface area contributed by atoms with E-state index in [9.17, 15) is 4.39 Å². The maximum atomic E-state index is 13.9. The first-order valence-corrected chi connectivity index (χ1v) is 8.29. The van der Waals surface area contributed by atoms with Crippen LogP contribution in [0, 0.1) is 5.82 Å². The molecule has 124 valence electrons. The van der Waals surface area contributed by atoms with E-state index in [1.807, 2.05) is 30.3 Å². The molecule has 2 aromatic rings. The van der Waals surface area contributed by atoms with Crippen LogP contribution in [0.15, 0.2) is 48.5 Å². The minimum atomic E-state index is -0.172. The van der Waals surface area contributed by atoms with Crippen LogP contribution in [0.1, 0.15) is 49.7 Å². The van der Waals surface area contributed by atoms with Gasteiger partial charge in [-0.25, -0.2) is 4.39 Å². The second-order valence-corrected chi connectivity index (χ2v) is 6.14. The van der Waals surface area contributed by atoms with Crippen LogP contribution in [0.5, 0.6) is 5.75 Å². The predicted octanol–water partition coefficient (Wildman–Crippen LogP) is 4.85. The number of hydrogen-bond donors (Lipinski definition) is 1. The van der Waals surface area contributed by atoms with E-state index < -0.39 is 0 Å². The van der Waals surface area contributed by atoms with E-state index in [2.05, 4.69) is 19.9 Å². The molecule has 0 saturated carbocycles. The van der Waals surface area contributed by atoms with Crippen LogP contribution in [-0.2, 0) is 0 Å². The molecule has 3 heteroatoms. The van der Waals surface area contributed by atoms with Crippen LogP contribution in [-0.4, -0.2) is 13.2 Å². The van der Waals surface area contributed by atoms with Crippen LogP contribution in [0.25, 0.3) is 0 Å². The molecular weight excluding hydrogens is 289 g/mol. The highest BCUT2D eigenvalue weighted by molar-refractivity contribution is 5.35. The molecular formula is C20H26FNO. The summed E-state index contributed by atoms with van der Waals surface area (Å²) in [6.07, 6.45) is 1.67. The minimum absolute atomic E-state index is 0.0418. The van der Waals surface area contributed by atoms with Gasteiger partial charge in [0.1, 0.15) is 11.6 Å². The first kappa shape index (κ1) is 17.5. The van der Waals surface area contributed by atoms with Crippen molar-refractivity contribution >= 4 is 0 Å².